The number of primary amides is 1. The van der Waals surface area contributed by atoms with Crippen LogP contribution in [-0.4, -0.2) is 254 Å². The minimum absolute atomic E-state index is 0.0204. The van der Waals surface area contributed by atoms with Crippen LogP contribution in [0.25, 0.3) is 0 Å². The summed E-state index contributed by atoms with van der Waals surface area (Å²) in [5.74, 6) is -8.24. The molecular weight excluding hydrogens is 1410 g/mol. The van der Waals surface area contributed by atoms with E-state index in [2.05, 4.69) is 22.0 Å². The number of amides is 6. The SMILES string of the molecule is CCCCCC(=O)C[C@H]1CSCc2cc(CSCCCC(=O)CC[C@@H]3C(=O)[O][Ga]4[O]C(=O)CN5CCN(CCN3CC5)CC(=O)[O]4)cc(c2)CSC[C@@H](C(=O)O)CC(=O)[C@H](Cc2ccccc2)NC(=O)[C@H](CCC(N)=O)NC(=O)[C@H]([C@@H](C)O)NC(=O)[C@@H]2CCCN2C(=O)[C@@H]2CCCN2C1=O. The minimum atomic E-state index is -4.16. The molecule has 6 fully saturated rings. The first-order chi connectivity index (χ1) is 48.0. The molecule has 7 N–H and O–H groups in total. The number of nitrogens with one attached hydrogen (secondary N) is 3. The van der Waals surface area contributed by atoms with Crippen LogP contribution in [0.1, 0.15) is 139 Å². The average molecular weight is 1510 g/mol. The second-order valence-electron chi connectivity index (χ2n) is 26.8. The van der Waals surface area contributed by atoms with E-state index in [4.69, 9.17) is 16.3 Å². The van der Waals surface area contributed by atoms with Gasteiger partial charge in [0.2, 0.25) is 35.4 Å². The summed E-state index contributed by atoms with van der Waals surface area (Å²) in [7, 11) is 0. The zero-order valence-electron chi connectivity index (χ0n) is 57.2. The topological polar surface area (TPSA) is 368 Å². The van der Waals surface area contributed by atoms with Gasteiger partial charge in [-0.15, -0.1) is 0 Å². The fraction of sp³-hybridized carbons (Fsp3) is 0.638. The number of carbonyl (C=O) groups excluding carboxylic acids is 12. The number of ketones is 3. The molecule has 6 amide bonds. The van der Waals surface area contributed by atoms with E-state index in [1.165, 1.54) is 40.2 Å². The number of benzene rings is 2. The number of Topliss-reactive ketones (excluding diaryl/α,β-unsaturated/α-hetero) is 3. The van der Waals surface area contributed by atoms with Gasteiger partial charge in [-0.1, -0.05) is 68.3 Å². The van der Waals surface area contributed by atoms with Gasteiger partial charge in [-0.2, -0.15) is 23.5 Å². The molecule has 546 valence electrons. The monoisotopic (exact) mass is 1500 g/mol. The molecule has 0 aromatic heterocycles. The molecule has 27 nitrogen and oxygen atoms in total. The van der Waals surface area contributed by atoms with Gasteiger partial charge in [0, 0.05) is 61.8 Å². The number of aliphatic hydroxyl groups is 1. The smallest absolute Gasteiger partial charge is 0.307 e. The molecule has 7 aliphatic rings. The quantitative estimate of drug-likeness (QED) is 0.0729. The predicted molar refractivity (Wildman–Crippen MR) is 374 cm³/mol. The van der Waals surface area contributed by atoms with E-state index in [1.54, 1.807) is 42.1 Å². The second kappa shape index (κ2) is 39.9. The number of rotatable bonds is 22. The summed E-state index contributed by atoms with van der Waals surface area (Å²) in [5, 5.41) is 29.5. The number of fused-ring (bicyclic) bond motifs is 13. The van der Waals surface area contributed by atoms with Crippen LogP contribution in [0.3, 0.4) is 0 Å². The number of nitrogens with zero attached hydrogens (tertiary/aromatic N) is 5. The van der Waals surface area contributed by atoms with E-state index in [1.807, 2.05) is 33.8 Å². The third-order valence-corrected chi connectivity index (χ3v) is 25.2. The Labute approximate surface area is 602 Å². The van der Waals surface area contributed by atoms with Gasteiger partial charge in [-0.05, 0) is 68.6 Å². The number of aliphatic hydroxyl groups excluding tert-OH is 1. The molecule has 6 saturated heterocycles. The number of carbonyl (C=O) groups is 13. The molecule has 0 saturated carbocycles. The van der Waals surface area contributed by atoms with Crippen LogP contribution in [0.15, 0.2) is 48.5 Å². The van der Waals surface area contributed by atoms with Gasteiger partial charge in [0.05, 0.1) is 24.0 Å². The molecule has 11 atom stereocenters. The second-order valence-corrected chi connectivity index (χ2v) is 32.6. The third-order valence-electron chi connectivity index (χ3n) is 18.9. The van der Waals surface area contributed by atoms with Crippen LogP contribution < -0.4 is 21.7 Å². The molecular formula is C69H96GaN9O18S3. The summed E-state index contributed by atoms with van der Waals surface area (Å²) in [6, 6.07) is 7.31. The maximum atomic E-state index is 15.0. The first-order valence-electron chi connectivity index (χ1n) is 35.0. The number of unbranched alkanes of at least 4 members (excludes halogenated alkanes) is 2. The molecule has 0 spiro atoms. The molecule has 31 heteroatoms. The van der Waals surface area contributed by atoms with Crippen LogP contribution >= 0.6 is 35.3 Å². The summed E-state index contributed by atoms with van der Waals surface area (Å²) < 4.78 is 16.7. The number of hydrogen-bond acceptors (Lipinski definition) is 23. The Bertz CT molecular complexity index is 3210. The number of thioether (sulfide) groups is 3. The van der Waals surface area contributed by atoms with E-state index in [0.29, 0.717) is 106 Å². The minimum Gasteiger partial charge on any atom is -0.481 e. The summed E-state index contributed by atoms with van der Waals surface area (Å²) in [5.41, 5.74) is 8.81. The van der Waals surface area contributed by atoms with Crippen molar-refractivity contribution in [2.75, 3.05) is 82.7 Å². The van der Waals surface area contributed by atoms with Crippen LogP contribution in [0.2, 0.25) is 0 Å². The van der Waals surface area contributed by atoms with Gasteiger partial charge in [-0.25, -0.2) is 0 Å². The maximum absolute atomic E-state index is 15.0. The van der Waals surface area contributed by atoms with E-state index >= 15 is 0 Å². The van der Waals surface area contributed by atoms with Crippen molar-refractivity contribution in [3.63, 3.8) is 0 Å². The number of hydrogen-bond donors (Lipinski definition) is 6. The van der Waals surface area contributed by atoms with Crippen molar-refractivity contribution in [2.24, 2.45) is 17.6 Å². The molecule has 7 aliphatic heterocycles. The van der Waals surface area contributed by atoms with Crippen molar-refractivity contribution in [3.05, 3.63) is 70.8 Å². The van der Waals surface area contributed by atoms with Gasteiger partial charge in [-0.3, -0.25) is 43.2 Å². The van der Waals surface area contributed by atoms with Crippen molar-refractivity contribution >= 4 is 129 Å². The molecule has 6 bridgehead atoms. The Morgan fingerprint density at radius 1 is 0.670 bits per heavy atom. The number of carboxylic acids is 1. The van der Waals surface area contributed by atoms with Gasteiger partial charge in [0.25, 0.3) is 0 Å². The molecule has 0 aliphatic carbocycles. The molecule has 0 radical (unpaired) electrons. The van der Waals surface area contributed by atoms with Crippen molar-refractivity contribution in [1.29, 1.82) is 0 Å². The normalized spacial score (nSPS) is 27.0. The maximum Gasteiger partial charge on any atom is 0.307 e. The van der Waals surface area contributed by atoms with Crippen LogP contribution in [-0.2, 0) is 96.6 Å². The Morgan fingerprint density at radius 2 is 1.29 bits per heavy atom. The predicted octanol–water partition coefficient (Wildman–Crippen LogP) is 2.60. The largest absolute Gasteiger partial charge is 0.481 e. The van der Waals surface area contributed by atoms with Crippen LogP contribution in [0.5, 0.6) is 0 Å². The van der Waals surface area contributed by atoms with Gasteiger partial charge < -0.3 is 41.7 Å². The molecule has 2 unspecified atom stereocenters. The van der Waals surface area contributed by atoms with Crippen molar-refractivity contribution < 1.29 is 83.1 Å². The van der Waals surface area contributed by atoms with E-state index < -0.39 is 144 Å². The summed E-state index contributed by atoms with van der Waals surface area (Å²) in [6.45, 7) is 6.39. The molecule has 2 aromatic carbocycles. The van der Waals surface area contributed by atoms with Gasteiger partial charge >= 0.3 is 204 Å². The van der Waals surface area contributed by atoms with Crippen molar-refractivity contribution in [1.82, 2.24) is 40.4 Å². The van der Waals surface area contributed by atoms with E-state index in [9.17, 15) is 72.5 Å². The Hall–Kier alpha value is -6.32. The van der Waals surface area contributed by atoms with Crippen molar-refractivity contribution in [2.45, 2.75) is 183 Å². The number of nitrogens with two attached hydrogens (primary N) is 1. The zero-order chi connectivity index (χ0) is 71.8. The van der Waals surface area contributed by atoms with Crippen LogP contribution in [0.4, 0.5) is 0 Å². The molecule has 7 heterocycles. The summed E-state index contributed by atoms with van der Waals surface area (Å²) >= 11 is 0.222. The Morgan fingerprint density at radius 3 is 1.93 bits per heavy atom. The van der Waals surface area contributed by atoms with E-state index in [0.717, 1.165) is 29.5 Å². The first-order valence-corrected chi connectivity index (χ1v) is 41.4. The Kier molecular flexibility index (Phi) is 31.7. The van der Waals surface area contributed by atoms with Crippen molar-refractivity contribution in [3.8, 4) is 0 Å². The number of carboxylic acid groups (broad SMARTS) is 1. The molecule has 100 heavy (non-hydrogen) atoms. The van der Waals surface area contributed by atoms with Gasteiger partial charge in [0.15, 0.2) is 5.78 Å². The third kappa shape index (κ3) is 24.4. The molecule has 2 aromatic rings. The fourth-order valence-electron chi connectivity index (χ4n) is 13.5. The Balaban J connectivity index is 1.02. The van der Waals surface area contributed by atoms with E-state index in [-0.39, 0.29) is 100 Å². The first kappa shape index (κ1) is 79.4. The fourth-order valence-corrected chi connectivity index (χ4v) is 18.7. The summed E-state index contributed by atoms with van der Waals surface area (Å²) in [6.07, 6.45) is 2.15. The average Bonchev–Trinajstić information content (AvgIpc) is 1.63. The van der Waals surface area contributed by atoms with Crippen LogP contribution in [0, 0.1) is 11.8 Å². The zero-order valence-corrected chi connectivity index (χ0v) is 62.1. The standard InChI is InChI=1S/C69H99N9O18S3.Ga/c1-3-4-6-14-52(81)35-49-42-98-40-47-31-46(39-97-30-11-15-51(80)18-20-57(69(95)96)76-28-26-74(37-60(84)85)24-25-75(27-29-76)38-61(86)87)32-48(33-47)41-99-43-50(68(93)94)36-58(82)54(34-45-12-7-5-8-13-45)72-63(88)53(19-21-59(70)83)71-65(90)62(44(2)79)73-64(89)55-16-9-22-77(55)67(92)56-17-10-23-78(56)66(49)91;/h5,7-8,12-13,31-33,44,49-50,53-57,62,79H,3-4,6,9-11,14-30,34-43H2,1-2H3,(H2,70,83)(H,71,90)(H,72,88)(H,73,89)(H,84,85)(H,86,87)(H,93,94)(H,95,96);/q;+3/p-3/t44-,49+,50+,53+,54+,55+,56+,57-,62+;/m1./s1. The molecule has 9 rings (SSSR count). The summed E-state index contributed by atoms with van der Waals surface area (Å²) in [4.78, 5) is 188. The van der Waals surface area contributed by atoms with Gasteiger partial charge in [0.1, 0.15) is 30.0 Å². The number of aliphatic carboxylic acids is 1.